The highest BCUT2D eigenvalue weighted by atomic mass is 35.5. The van der Waals surface area contributed by atoms with E-state index < -0.39 is 18.3 Å². The molecule has 2 aliphatic rings. The molecule has 0 aliphatic carbocycles. The van der Waals surface area contributed by atoms with E-state index >= 15 is 0 Å². The van der Waals surface area contributed by atoms with E-state index in [9.17, 15) is 20.7 Å². The van der Waals surface area contributed by atoms with E-state index in [1.54, 1.807) is 24.3 Å². The maximum Gasteiger partial charge on any atom is 0.150 e. The first-order valence-electron chi connectivity index (χ1n) is 13.1. The molecular weight excluding hydrogens is 594 g/mol. The van der Waals surface area contributed by atoms with Crippen LogP contribution < -0.4 is 9.64 Å². The number of β-amino-alcohol motifs (C(OH)–C–C–N with tert-alkyl or cyclic N) is 1. The second kappa shape index (κ2) is 12.3. The van der Waals surface area contributed by atoms with E-state index in [0.717, 1.165) is 16.3 Å². The molecule has 0 bridgehead atoms. The number of aliphatic hydroxyl groups excluding tert-OH is 2. The second-order valence-corrected chi connectivity index (χ2v) is 12.1. The third-order valence-electron chi connectivity index (χ3n) is 6.96. The van der Waals surface area contributed by atoms with Crippen molar-refractivity contribution in [2.45, 2.75) is 29.1 Å². The van der Waals surface area contributed by atoms with Gasteiger partial charge in [-0.2, -0.15) is 10.5 Å². The minimum atomic E-state index is -0.700. The van der Waals surface area contributed by atoms with E-state index in [1.807, 2.05) is 34.5 Å². The number of ether oxygens (including phenoxy) is 2. The Kier molecular flexibility index (Phi) is 8.31. The zero-order chi connectivity index (χ0) is 29.2. The van der Waals surface area contributed by atoms with Crippen LogP contribution in [-0.2, 0) is 10.5 Å². The van der Waals surface area contributed by atoms with Gasteiger partial charge in [0.15, 0.2) is 0 Å². The Morgan fingerprint density at radius 3 is 2.36 bits per heavy atom. The lowest BCUT2D eigenvalue weighted by molar-refractivity contribution is 0.0733. The summed E-state index contributed by atoms with van der Waals surface area (Å²) in [5, 5.41) is 44.5. The lowest BCUT2D eigenvalue weighted by Crippen LogP contribution is -2.51. The van der Waals surface area contributed by atoms with Crippen LogP contribution in [0.4, 0.5) is 5.82 Å². The van der Waals surface area contributed by atoms with Crippen molar-refractivity contribution in [3.05, 3.63) is 75.8 Å². The maximum absolute atomic E-state index is 10.3. The Morgan fingerprint density at radius 1 is 1.00 bits per heavy atom. The number of aromatic nitrogens is 2. The fraction of sp³-hybridized carbons (Fsp3) is 0.267. The third-order valence-corrected chi connectivity index (χ3v) is 9.16. The molecule has 4 heterocycles. The molecule has 0 radical (unpaired) electrons. The van der Waals surface area contributed by atoms with Gasteiger partial charge in [-0.1, -0.05) is 47.6 Å². The van der Waals surface area contributed by atoms with Crippen LogP contribution in [0.3, 0.4) is 0 Å². The fourth-order valence-electron chi connectivity index (χ4n) is 4.76. The monoisotopic (exact) mass is 617 g/mol. The summed E-state index contributed by atoms with van der Waals surface area (Å²) < 4.78 is 11.1. The van der Waals surface area contributed by atoms with Crippen LogP contribution in [0.15, 0.2) is 58.9 Å². The zero-order valence-electron chi connectivity index (χ0n) is 22.1. The molecule has 212 valence electrons. The van der Waals surface area contributed by atoms with E-state index in [1.165, 1.54) is 23.1 Å². The van der Waals surface area contributed by atoms with Gasteiger partial charge in [0.25, 0.3) is 0 Å². The number of hydrogen-bond acceptors (Lipinski definition) is 11. The summed E-state index contributed by atoms with van der Waals surface area (Å²) in [7, 11) is 0. The van der Waals surface area contributed by atoms with Crippen LogP contribution in [0.1, 0.15) is 16.8 Å². The number of nitriles is 2. The predicted octanol–water partition coefficient (Wildman–Crippen LogP) is 4.88. The Hall–Kier alpha value is -3.68. The van der Waals surface area contributed by atoms with Gasteiger partial charge in [0.2, 0.25) is 0 Å². The number of nitrogens with zero attached hydrogens (tertiary/aromatic N) is 5. The first kappa shape index (κ1) is 28.4. The number of hydrogen-bond donors (Lipinski definition) is 2. The highest BCUT2D eigenvalue weighted by Crippen LogP contribution is 2.40. The van der Waals surface area contributed by atoms with Crippen LogP contribution in [0.25, 0.3) is 21.7 Å². The van der Waals surface area contributed by atoms with Crippen LogP contribution in [0.5, 0.6) is 5.75 Å². The molecule has 9 nitrogen and oxygen atoms in total. The normalized spacial score (nSPS) is 18.4. The number of rotatable bonds is 8. The number of thioether (sulfide) groups is 1. The number of halogens is 1. The summed E-state index contributed by atoms with van der Waals surface area (Å²) >= 11 is 8.93. The molecule has 42 heavy (non-hydrogen) atoms. The van der Waals surface area contributed by atoms with Crippen molar-refractivity contribution in [2.75, 3.05) is 31.2 Å². The zero-order valence-corrected chi connectivity index (χ0v) is 24.5. The van der Waals surface area contributed by atoms with Gasteiger partial charge in [-0.3, -0.25) is 0 Å². The minimum absolute atomic E-state index is 0.231. The molecule has 2 aromatic heterocycles. The molecule has 12 heteroatoms. The topological polar surface area (TPSA) is 136 Å². The molecule has 2 atom stereocenters. The van der Waals surface area contributed by atoms with Crippen molar-refractivity contribution in [1.29, 1.82) is 10.5 Å². The highest BCUT2D eigenvalue weighted by molar-refractivity contribution is 7.98. The van der Waals surface area contributed by atoms with Gasteiger partial charge in [0, 0.05) is 40.4 Å². The number of thiazole rings is 1. The van der Waals surface area contributed by atoms with Gasteiger partial charge in [-0.15, -0.1) is 11.3 Å². The first-order valence-corrected chi connectivity index (χ1v) is 15.3. The Balaban J connectivity index is 1.32. The van der Waals surface area contributed by atoms with Crippen LogP contribution in [0, 0.1) is 22.7 Å². The molecule has 0 amide bonds. The number of aliphatic hydroxyl groups is 2. The fourth-order valence-corrected chi connectivity index (χ4v) is 6.70. The molecule has 2 aliphatic heterocycles. The van der Waals surface area contributed by atoms with Crippen molar-refractivity contribution in [3.8, 4) is 39.6 Å². The molecular formula is C30H24ClN5O4S2. The Bertz CT molecular complexity index is 1680. The van der Waals surface area contributed by atoms with E-state index in [0.29, 0.717) is 63.8 Å². The van der Waals surface area contributed by atoms with E-state index in [-0.39, 0.29) is 12.2 Å². The van der Waals surface area contributed by atoms with Gasteiger partial charge in [-0.05, 0) is 29.8 Å². The summed E-state index contributed by atoms with van der Waals surface area (Å²) in [5.74, 6) is 1.45. The molecule has 0 saturated carbocycles. The first-order chi connectivity index (χ1) is 20.4. The van der Waals surface area contributed by atoms with Crippen LogP contribution >= 0.6 is 34.7 Å². The summed E-state index contributed by atoms with van der Waals surface area (Å²) in [5.41, 5.74) is 3.51. The number of pyridine rings is 1. The van der Waals surface area contributed by atoms with Gasteiger partial charge in [0.05, 0.1) is 30.6 Å². The smallest absolute Gasteiger partial charge is 0.150 e. The minimum Gasteiger partial charge on any atom is -0.485 e. The molecule has 4 aromatic rings. The second-order valence-electron chi connectivity index (χ2n) is 9.87. The summed E-state index contributed by atoms with van der Waals surface area (Å²) in [6.07, 6.45) is -1.66. The van der Waals surface area contributed by atoms with Crippen molar-refractivity contribution < 1.29 is 19.7 Å². The van der Waals surface area contributed by atoms with Gasteiger partial charge in [0.1, 0.15) is 51.5 Å². The third kappa shape index (κ3) is 5.81. The number of anilines is 1. The van der Waals surface area contributed by atoms with E-state index in [2.05, 4.69) is 12.1 Å². The average molecular weight is 618 g/mol. The molecule has 6 rings (SSSR count). The predicted molar refractivity (Wildman–Crippen MR) is 161 cm³/mol. The molecule has 0 unspecified atom stereocenters. The Morgan fingerprint density at radius 2 is 1.71 bits per heavy atom. The standard InChI is InChI=1S/C30H24ClN5O4S2/c31-19-5-1-18(2-6-19)29-34-20(15-41-29)16-42-30-24(10-33)27(23(9-32)28(35-30)36-11-21(37)12-36)17-3-7-22(8-4-17)40-26-14-39-13-25(26)38/h1-8,15,21,25-26,37-38H,11-14,16H2/t25-,26-/m0/s1. The lowest BCUT2D eigenvalue weighted by atomic mass is 9.95. The maximum atomic E-state index is 10.3. The molecule has 0 spiro atoms. The summed E-state index contributed by atoms with van der Waals surface area (Å²) in [6.45, 7) is 1.24. The SMILES string of the molecule is N#Cc1c(SCc2csc(-c3ccc(Cl)cc3)n2)nc(N2CC(O)C2)c(C#N)c1-c1ccc(O[C@H]2COC[C@@H]2O)cc1. The van der Waals surface area contributed by atoms with Crippen molar-refractivity contribution in [2.24, 2.45) is 0 Å². The van der Waals surface area contributed by atoms with Crippen LogP contribution in [0.2, 0.25) is 5.02 Å². The number of benzene rings is 2. The summed E-state index contributed by atoms with van der Waals surface area (Å²) in [6, 6.07) is 19.1. The Labute approximate surface area is 255 Å². The van der Waals surface area contributed by atoms with Gasteiger partial charge in [-0.25, -0.2) is 9.97 Å². The van der Waals surface area contributed by atoms with Crippen LogP contribution in [-0.4, -0.2) is 64.8 Å². The average Bonchev–Trinajstić information content (AvgIpc) is 3.63. The van der Waals surface area contributed by atoms with E-state index in [4.69, 9.17) is 31.0 Å². The van der Waals surface area contributed by atoms with Crippen molar-refractivity contribution >= 4 is 40.5 Å². The summed E-state index contributed by atoms with van der Waals surface area (Å²) in [4.78, 5) is 11.4. The molecule has 2 N–H and O–H groups in total. The van der Waals surface area contributed by atoms with Crippen molar-refractivity contribution in [1.82, 2.24) is 9.97 Å². The van der Waals surface area contributed by atoms with Crippen molar-refractivity contribution in [3.63, 3.8) is 0 Å². The van der Waals surface area contributed by atoms with Gasteiger partial charge >= 0.3 is 0 Å². The largest absolute Gasteiger partial charge is 0.485 e. The van der Waals surface area contributed by atoms with Gasteiger partial charge < -0.3 is 24.6 Å². The quantitative estimate of drug-likeness (QED) is 0.263. The molecule has 2 aromatic carbocycles. The highest BCUT2D eigenvalue weighted by Gasteiger charge is 2.32. The molecule has 2 fully saturated rings. The lowest BCUT2D eigenvalue weighted by Gasteiger charge is -2.37. The molecule has 2 saturated heterocycles.